The molecule has 10 heteroatoms. The first-order valence-corrected chi connectivity index (χ1v) is 13.3. The van der Waals surface area contributed by atoms with Crippen LogP contribution in [0.15, 0.2) is 24.5 Å². The second-order valence-corrected chi connectivity index (χ2v) is 10.8. The predicted octanol–water partition coefficient (Wildman–Crippen LogP) is 3.17. The van der Waals surface area contributed by atoms with Crippen molar-refractivity contribution in [3.05, 3.63) is 41.6 Å². The molecule has 0 bridgehead atoms. The van der Waals surface area contributed by atoms with E-state index in [1.165, 1.54) is 18.8 Å². The fourth-order valence-electron chi connectivity index (χ4n) is 4.57. The predicted molar refractivity (Wildman–Crippen MR) is 128 cm³/mol. The number of pyridine rings is 1. The van der Waals surface area contributed by atoms with Gasteiger partial charge in [0.15, 0.2) is 0 Å². The minimum atomic E-state index is -3.41. The summed E-state index contributed by atoms with van der Waals surface area (Å²) in [6, 6.07) is 3.77. The van der Waals surface area contributed by atoms with Gasteiger partial charge in [-0.25, -0.2) is 18.4 Å². The molecule has 2 aromatic heterocycles. The number of sulfonamides is 1. The maximum atomic E-state index is 12.6. The van der Waals surface area contributed by atoms with Gasteiger partial charge in [0.2, 0.25) is 10.0 Å². The van der Waals surface area contributed by atoms with Crippen molar-refractivity contribution in [2.24, 2.45) is 0 Å². The van der Waals surface area contributed by atoms with Crippen molar-refractivity contribution in [3.63, 3.8) is 0 Å². The molecule has 178 valence electrons. The van der Waals surface area contributed by atoms with E-state index in [2.05, 4.69) is 36.8 Å². The van der Waals surface area contributed by atoms with Crippen LogP contribution in [0.2, 0.25) is 0 Å². The fourth-order valence-corrected chi connectivity index (χ4v) is 6.14. The van der Waals surface area contributed by atoms with Gasteiger partial charge in [-0.3, -0.25) is 14.5 Å². The third-order valence-corrected chi connectivity index (χ3v) is 8.31. The number of hydrogen-bond donors (Lipinski definition) is 2. The van der Waals surface area contributed by atoms with E-state index in [-0.39, 0.29) is 23.4 Å². The lowest BCUT2D eigenvalue weighted by Gasteiger charge is -2.42. The monoisotopic (exact) mass is 472 g/mol. The lowest BCUT2D eigenvalue weighted by Crippen LogP contribution is -2.48. The SMILES string of the molecule is CCC[C@H]1CCN1c1ncc(C(=O)NCc2cc(NS(=O)(=O)C3CCCC3)ccn2)nc1C. The number of nitrogens with one attached hydrogen (secondary N) is 2. The van der Waals surface area contributed by atoms with Gasteiger partial charge in [0, 0.05) is 18.8 Å². The average molecular weight is 473 g/mol. The molecule has 4 rings (SSSR count). The Hall–Kier alpha value is -2.75. The largest absolute Gasteiger partial charge is 0.352 e. The molecule has 2 fully saturated rings. The normalized spacial score (nSPS) is 18.7. The van der Waals surface area contributed by atoms with Crippen molar-refractivity contribution in [1.29, 1.82) is 0 Å². The van der Waals surface area contributed by atoms with E-state index in [1.807, 2.05) is 6.92 Å². The topological polar surface area (TPSA) is 117 Å². The molecule has 2 N–H and O–H groups in total. The van der Waals surface area contributed by atoms with Crippen LogP contribution in [0.4, 0.5) is 11.5 Å². The number of aromatic nitrogens is 3. The summed E-state index contributed by atoms with van der Waals surface area (Å²) in [6.07, 6.45) is 9.75. The summed E-state index contributed by atoms with van der Waals surface area (Å²) in [5, 5.41) is 2.46. The summed E-state index contributed by atoms with van der Waals surface area (Å²) in [6.45, 7) is 5.18. The lowest BCUT2D eigenvalue weighted by atomic mass is 9.98. The van der Waals surface area contributed by atoms with Gasteiger partial charge in [-0.15, -0.1) is 0 Å². The van der Waals surface area contributed by atoms with Gasteiger partial charge in [-0.05, 0) is 44.7 Å². The Kier molecular flexibility index (Phi) is 7.11. The zero-order valence-corrected chi connectivity index (χ0v) is 20.1. The molecule has 0 unspecified atom stereocenters. The van der Waals surface area contributed by atoms with Crippen LogP contribution in [-0.2, 0) is 16.6 Å². The number of carbonyl (C=O) groups excluding carboxylic acids is 1. The number of carbonyl (C=O) groups is 1. The Balaban J connectivity index is 1.36. The molecular weight excluding hydrogens is 440 g/mol. The van der Waals surface area contributed by atoms with Gasteiger partial charge in [0.25, 0.3) is 5.91 Å². The third kappa shape index (κ3) is 5.43. The zero-order valence-electron chi connectivity index (χ0n) is 19.2. The minimum absolute atomic E-state index is 0.158. The van der Waals surface area contributed by atoms with Crippen LogP contribution in [-0.4, -0.2) is 47.1 Å². The quantitative estimate of drug-likeness (QED) is 0.576. The molecular formula is C23H32N6O3S. The van der Waals surface area contributed by atoms with Gasteiger partial charge >= 0.3 is 0 Å². The standard InChI is InChI=1S/C23H32N6O3S/c1-3-6-19-10-12-29(19)22-16(2)27-21(15-25-22)23(30)26-14-18-13-17(9-11-24-18)28-33(31,32)20-7-4-5-8-20/h9,11,13,15,19-20H,3-8,10,12,14H2,1-2H3,(H,24,28)(H,26,30)/t19-/m0/s1. The molecule has 0 radical (unpaired) electrons. The van der Waals surface area contributed by atoms with Crippen molar-refractivity contribution in [1.82, 2.24) is 20.3 Å². The fraction of sp³-hybridized carbons (Fsp3) is 0.565. The van der Waals surface area contributed by atoms with Crippen LogP contribution >= 0.6 is 0 Å². The van der Waals surface area contributed by atoms with Gasteiger partial charge in [-0.1, -0.05) is 26.2 Å². The van der Waals surface area contributed by atoms with Crippen LogP contribution in [0.25, 0.3) is 0 Å². The number of anilines is 2. The Labute approximate surface area is 195 Å². The first kappa shape index (κ1) is 23.4. The highest BCUT2D eigenvalue weighted by atomic mass is 32.2. The van der Waals surface area contributed by atoms with Crippen LogP contribution in [0, 0.1) is 6.92 Å². The molecule has 3 heterocycles. The highest BCUT2D eigenvalue weighted by molar-refractivity contribution is 7.93. The molecule has 2 aromatic rings. The summed E-state index contributed by atoms with van der Waals surface area (Å²) in [7, 11) is -3.41. The summed E-state index contributed by atoms with van der Waals surface area (Å²) >= 11 is 0. The minimum Gasteiger partial charge on any atom is -0.352 e. The van der Waals surface area contributed by atoms with Crippen LogP contribution in [0.3, 0.4) is 0 Å². The molecule has 2 aliphatic rings. The smallest absolute Gasteiger partial charge is 0.271 e. The second kappa shape index (κ2) is 10.0. The highest BCUT2D eigenvalue weighted by Crippen LogP contribution is 2.29. The van der Waals surface area contributed by atoms with E-state index in [9.17, 15) is 13.2 Å². The Bertz CT molecular complexity index is 1100. The molecule has 1 aliphatic heterocycles. The van der Waals surface area contributed by atoms with E-state index in [4.69, 9.17) is 0 Å². The van der Waals surface area contributed by atoms with Crippen molar-refractivity contribution in [3.8, 4) is 0 Å². The van der Waals surface area contributed by atoms with E-state index >= 15 is 0 Å². The molecule has 33 heavy (non-hydrogen) atoms. The number of hydrogen-bond acceptors (Lipinski definition) is 7. The van der Waals surface area contributed by atoms with Gasteiger partial charge in [-0.2, -0.15) is 0 Å². The van der Waals surface area contributed by atoms with Crippen molar-refractivity contribution < 1.29 is 13.2 Å². The van der Waals surface area contributed by atoms with Crippen molar-refractivity contribution in [2.75, 3.05) is 16.2 Å². The molecule has 0 aromatic carbocycles. The number of aryl methyl sites for hydroxylation is 1. The van der Waals surface area contributed by atoms with Crippen LogP contribution in [0.5, 0.6) is 0 Å². The second-order valence-electron chi connectivity index (χ2n) is 8.86. The van der Waals surface area contributed by atoms with E-state index < -0.39 is 10.0 Å². The lowest BCUT2D eigenvalue weighted by molar-refractivity contribution is 0.0944. The molecule has 0 spiro atoms. The van der Waals surface area contributed by atoms with Crippen molar-refractivity contribution >= 4 is 27.4 Å². The first-order chi connectivity index (χ1) is 15.9. The molecule has 1 aliphatic carbocycles. The maximum Gasteiger partial charge on any atom is 0.271 e. The van der Waals surface area contributed by atoms with Gasteiger partial charge < -0.3 is 10.2 Å². The Morgan fingerprint density at radius 1 is 1.21 bits per heavy atom. The number of amides is 1. The Morgan fingerprint density at radius 3 is 2.67 bits per heavy atom. The summed E-state index contributed by atoms with van der Waals surface area (Å²) in [5.41, 5.74) is 2.00. The molecule has 1 atom stereocenters. The summed E-state index contributed by atoms with van der Waals surface area (Å²) in [5.74, 6) is 0.504. The summed E-state index contributed by atoms with van der Waals surface area (Å²) < 4.78 is 27.7. The zero-order chi connectivity index (χ0) is 23.4. The van der Waals surface area contributed by atoms with Crippen LogP contribution < -0.4 is 14.9 Å². The van der Waals surface area contributed by atoms with Crippen molar-refractivity contribution in [2.45, 2.75) is 76.6 Å². The van der Waals surface area contributed by atoms with Gasteiger partial charge in [0.05, 0.1) is 35.1 Å². The van der Waals surface area contributed by atoms with Crippen LogP contribution in [0.1, 0.15) is 73.7 Å². The maximum absolute atomic E-state index is 12.6. The Morgan fingerprint density at radius 2 is 2.00 bits per heavy atom. The van der Waals surface area contributed by atoms with Gasteiger partial charge in [0.1, 0.15) is 11.5 Å². The van der Waals surface area contributed by atoms with E-state index in [0.717, 1.165) is 43.7 Å². The highest BCUT2D eigenvalue weighted by Gasteiger charge is 2.30. The average Bonchev–Trinajstić information content (AvgIpc) is 3.32. The number of nitrogens with zero attached hydrogens (tertiary/aromatic N) is 4. The third-order valence-electron chi connectivity index (χ3n) is 6.44. The first-order valence-electron chi connectivity index (χ1n) is 11.7. The summed E-state index contributed by atoms with van der Waals surface area (Å²) in [4.78, 5) is 28.1. The molecule has 9 nitrogen and oxygen atoms in total. The molecule has 1 saturated carbocycles. The van der Waals surface area contributed by atoms with E-state index in [0.29, 0.717) is 30.3 Å². The molecule has 1 saturated heterocycles. The molecule has 1 amide bonds. The van der Waals surface area contributed by atoms with E-state index in [1.54, 1.807) is 12.1 Å². The number of rotatable bonds is 9.